The highest BCUT2D eigenvalue weighted by Gasteiger charge is 2.42. The van der Waals surface area contributed by atoms with Gasteiger partial charge in [0.05, 0.1) is 4.92 Å². The molecule has 1 aromatic heterocycles. The number of benzene rings is 4. The van der Waals surface area contributed by atoms with E-state index in [1.807, 2.05) is 18.2 Å². The predicted octanol–water partition coefficient (Wildman–Crippen LogP) is 7.11. The maximum absolute atomic E-state index is 14.6. The maximum Gasteiger partial charge on any atom is 0.457 e. The third-order valence-corrected chi connectivity index (χ3v) is 7.36. The number of nitrogens with one attached hydrogen (secondary N) is 1. The van der Waals surface area contributed by atoms with Gasteiger partial charge in [0.15, 0.2) is 5.78 Å². The number of aromatic nitrogens is 2. The first-order valence-corrected chi connectivity index (χ1v) is 13.1. The molecule has 1 N–H and O–H groups in total. The number of nitro benzene ring substituents is 1. The molecule has 0 aliphatic heterocycles. The zero-order chi connectivity index (χ0) is 26.4. The molecule has 0 bridgehead atoms. The molecule has 10 nitrogen and oxygen atoms in total. The standard InChI is InChI=1S/C27H21N4O6P/c32-31(33)22-14-10-13-21(19-22)26(28-27-30-29-25(35-27)20-11-4-1-5-12-20)38(34,36-23-15-6-2-7-16-23)37-24-17-8-3-9-18-24/h1-19,26H,(H,28,30). The van der Waals surface area contributed by atoms with Crippen LogP contribution in [-0.4, -0.2) is 15.1 Å². The van der Waals surface area contributed by atoms with Crippen LogP contribution in [-0.2, 0) is 4.57 Å². The zero-order valence-corrected chi connectivity index (χ0v) is 20.7. The van der Waals surface area contributed by atoms with Gasteiger partial charge in [0, 0.05) is 17.7 Å². The fraction of sp³-hybridized carbons (Fsp3) is 0.0370. The van der Waals surface area contributed by atoms with E-state index in [0.717, 1.165) is 0 Å². The van der Waals surface area contributed by atoms with E-state index in [0.29, 0.717) is 5.56 Å². The van der Waals surface area contributed by atoms with E-state index < -0.39 is 18.3 Å². The Labute approximate surface area is 217 Å². The predicted molar refractivity (Wildman–Crippen MR) is 141 cm³/mol. The molecule has 5 aromatic rings. The number of para-hydroxylation sites is 2. The molecule has 0 saturated carbocycles. The van der Waals surface area contributed by atoms with Crippen molar-refractivity contribution in [1.82, 2.24) is 10.2 Å². The molecule has 0 aliphatic carbocycles. The highest BCUT2D eigenvalue weighted by atomic mass is 31.2. The molecule has 1 unspecified atom stereocenters. The van der Waals surface area contributed by atoms with Crippen LogP contribution in [0.4, 0.5) is 11.7 Å². The van der Waals surface area contributed by atoms with E-state index in [4.69, 9.17) is 13.5 Å². The van der Waals surface area contributed by atoms with E-state index in [1.165, 1.54) is 18.2 Å². The van der Waals surface area contributed by atoms with Gasteiger partial charge in [-0.15, -0.1) is 5.10 Å². The number of anilines is 1. The fourth-order valence-electron chi connectivity index (χ4n) is 3.63. The van der Waals surface area contributed by atoms with Crippen molar-refractivity contribution >= 4 is 19.3 Å². The number of rotatable bonds is 10. The SMILES string of the molecule is O=[N+]([O-])c1cccc(C(Nc2nnc(-c3ccccc3)o2)P(=O)(Oc2ccccc2)Oc2ccccc2)c1. The summed E-state index contributed by atoms with van der Waals surface area (Å²) in [5.74, 6) is -0.487. The van der Waals surface area contributed by atoms with Crippen molar-refractivity contribution in [3.63, 3.8) is 0 Å². The summed E-state index contributed by atoms with van der Waals surface area (Å²) in [6.45, 7) is 0. The molecule has 1 atom stereocenters. The first-order chi connectivity index (χ1) is 18.5. The fourth-order valence-corrected chi connectivity index (χ4v) is 5.50. The summed E-state index contributed by atoms with van der Waals surface area (Å²) >= 11 is 0. The van der Waals surface area contributed by atoms with Gasteiger partial charge in [-0.1, -0.05) is 71.8 Å². The number of non-ortho nitro benzene ring substituents is 1. The normalized spacial score (nSPS) is 11.9. The smallest absolute Gasteiger partial charge is 0.414 e. The van der Waals surface area contributed by atoms with E-state index >= 15 is 0 Å². The van der Waals surface area contributed by atoms with Gasteiger partial charge in [-0.25, -0.2) is 4.57 Å². The molecule has 38 heavy (non-hydrogen) atoms. The lowest BCUT2D eigenvalue weighted by molar-refractivity contribution is -0.384. The number of hydrogen-bond donors (Lipinski definition) is 1. The molecular weight excluding hydrogens is 507 g/mol. The number of nitrogens with zero attached hydrogens (tertiary/aromatic N) is 3. The van der Waals surface area contributed by atoms with Gasteiger partial charge in [0.1, 0.15) is 11.5 Å². The first kappa shape index (κ1) is 24.7. The Hall–Kier alpha value is -4.95. The Morgan fingerprint density at radius 1 is 0.789 bits per heavy atom. The minimum Gasteiger partial charge on any atom is -0.414 e. The average Bonchev–Trinajstić information content (AvgIpc) is 3.42. The van der Waals surface area contributed by atoms with Crippen molar-refractivity contribution in [2.24, 2.45) is 0 Å². The molecule has 190 valence electrons. The Morgan fingerprint density at radius 3 is 1.95 bits per heavy atom. The molecule has 0 spiro atoms. The summed E-state index contributed by atoms with van der Waals surface area (Å²) in [6.07, 6.45) is 0. The second-order valence-corrected chi connectivity index (χ2v) is 9.99. The summed E-state index contributed by atoms with van der Waals surface area (Å²) in [6, 6.07) is 31.7. The monoisotopic (exact) mass is 528 g/mol. The van der Waals surface area contributed by atoms with Crippen molar-refractivity contribution in [3.8, 4) is 23.0 Å². The number of nitro groups is 1. The van der Waals surface area contributed by atoms with E-state index in [1.54, 1.807) is 78.9 Å². The summed E-state index contributed by atoms with van der Waals surface area (Å²) in [5.41, 5.74) is 0.744. The molecule has 4 aromatic carbocycles. The Balaban J connectivity index is 1.59. The third-order valence-electron chi connectivity index (χ3n) is 5.37. The molecule has 0 saturated heterocycles. The van der Waals surface area contributed by atoms with Crippen LogP contribution in [0.25, 0.3) is 11.5 Å². The highest BCUT2D eigenvalue weighted by Crippen LogP contribution is 2.60. The van der Waals surface area contributed by atoms with Crippen LogP contribution in [0, 0.1) is 10.1 Å². The summed E-state index contributed by atoms with van der Waals surface area (Å²) in [7, 11) is -4.23. The van der Waals surface area contributed by atoms with Crippen LogP contribution in [0.5, 0.6) is 11.5 Å². The van der Waals surface area contributed by atoms with Crippen LogP contribution in [0.1, 0.15) is 11.3 Å². The van der Waals surface area contributed by atoms with Crippen molar-refractivity contribution in [2.75, 3.05) is 5.32 Å². The van der Waals surface area contributed by atoms with Gasteiger partial charge in [0.2, 0.25) is 5.89 Å². The van der Waals surface area contributed by atoms with E-state index in [9.17, 15) is 14.7 Å². The molecule has 0 amide bonds. The molecule has 11 heteroatoms. The molecule has 0 aliphatic rings. The number of hydrogen-bond acceptors (Lipinski definition) is 9. The summed E-state index contributed by atoms with van der Waals surface area (Å²) in [5, 5.41) is 22.6. The highest BCUT2D eigenvalue weighted by molar-refractivity contribution is 7.55. The Kier molecular flexibility index (Phi) is 7.15. The summed E-state index contributed by atoms with van der Waals surface area (Å²) in [4.78, 5) is 11.0. The lowest BCUT2D eigenvalue weighted by Gasteiger charge is -2.27. The lowest BCUT2D eigenvalue weighted by atomic mass is 10.2. The van der Waals surface area contributed by atoms with Gasteiger partial charge in [-0.2, -0.15) is 0 Å². The van der Waals surface area contributed by atoms with Crippen LogP contribution in [0.2, 0.25) is 0 Å². The largest absolute Gasteiger partial charge is 0.457 e. The van der Waals surface area contributed by atoms with Crippen molar-refractivity contribution in [3.05, 3.63) is 131 Å². The van der Waals surface area contributed by atoms with Crippen molar-refractivity contribution in [2.45, 2.75) is 5.78 Å². The molecular formula is C27H21N4O6P. The second kappa shape index (κ2) is 11.0. The van der Waals surface area contributed by atoms with Gasteiger partial charge >= 0.3 is 13.6 Å². The quantitative estimate of drug-likeness (QED) is 0.114. The third kappa shape index (κ3) is 5.71. The molecule has 0 fully saturated rings. The van der Waals surface area contributed by atoms with Gasteiger partial charge < -0.3 is 18.8 Å². The van der Waals surface area contributed by atoms with E-state index in [2.05, 4.69) is 15.5 Å². The van der Waals surface area contributed by atoms with E-state index in [-0.39, 0.29) is 34.7 Å². The van der Waals surface area contributed by atoms with Gasteiger partial charge in [-0.05, 0) is 42.0 Å². The Bertz CT molecular complexity index is 1520. The topological polar surface area (TPSA) is 130 Å². The second-order valence-electron chi connectivity index (χ2n) is 8.03. The van der Waals surface area contributed by atoms with Crippen LogP contribution in [0.15, 0.2) is 120 Å². The molecule has 1 heterocycles. The van der Waals surface area contributed by atoms with Crippen molar-refractivity contribution < 1.29 is 23.0 Å². The van der Waals surface area contributed by atoms with Crippen LogP contribution >= 0.6 is 7.60 Å². The molecule has 5 rings (SSSR count). The lowest BCUT2D eigenvalue weighted by Crippen LogP contribution is -2.18. The van der Waals surface area contributed by atoms with Gasteiger partial charge in [0.25, 0.3) is 5.69 Å². The van der Waals surface area contributed by atoms with Crippen molar-refractivity contribution in [1.29, 1.82) is 0 Å². The molecule has 0 radical (unpaired) electrons. The Morgan fingerprint density at radius 2 is 1.37 bits per heavy atom. The van der Waals surface area contributed by atoms with Crippen LogP contribution < -0.4 is 14.4 Å². The van der Waals surface area contributed by atoms with Gasteiger partial charge in [-0.3, -0.25) is 10.1 Å². The first-order valence-electron chi connectivity index (χ1n) is 11.5. The maximum atomic E-state index is 14.6. The zero-order valence-electron chi connectivity index (χ0n) is 19.8. The minimum atomic E-state index is -4.23. The van der Waals surface area contributed by atoms with Crippen LogP contribution in [0.3, 0.4) is 0 Å². The average molecular weight is 528 g/mol. The summed E-state index contributed by atoms with van der Waals surface area (Å²) < 4.78 is 32.4. The minimum absolute atomic E-state index is 0.0751.